The summed E-state index contributed by atoms with van der Waals surface area (Å²) in [6, 6.07) is 8.96. The van der Waals surface area contributed by atoms with E-state index in [9.17, 15) is 0 Å². The molecule has 1 aromatic rings. The molecule has 20 heavy (non-hydrogen) atoms. The van der Waals surface area contributed by atoms with Crippen LogP contribution in [-0.4, -0.2) is 13.7 Å². The summed E-state index contributed by atoms with van der Waals surface area (Å²) < 4.78 is 5.22. The molecule has 0 aliphatic heterocycles. The average molecular weight is 277 g/mol. The van der Waals surface area contributed by atoms with Gasteiger partial charge in [-0.1, -0.05) is 64.5 Å². The van der Waals surface area contributed by atoms with E-state index in [2.05, 4.69) is 43.4 Å². The van der Waals surface area contributed by atoms with Crippen molar-refractivity contribution in [3.63, 3.8) is 0 Å². The molecule has 2 nitrogen and oxygen atoms in total. The highest BCUT2D eigenvalue weighted by atomic mass is 16.5. The molecule has 0 saturated carbocycles. The molecule has 0 bridgehead atoms. The molecule has 0 spiro atoms. The van der Waals surface area contributed by atoms with Crippen molar-refractivity contribution in [3.05, 3.63) is 29.8 Å². The molecule has 1 unspecified atom stereocenters. The van der Waals surface area contributed by atoms with Crippen LogP contribution >= 0.6 is 0 Å². The van der Waals surface area contributed by atoms with E-state index in [1.54, 1.807) is 7.11 Å². The van der Waals surface area contributed by atoms with Crippen molar-refractivity contribution < 1.29 is 4.74 Å². The van der Waals surface area contributed by atoms with Crippen LogP contribution in [0.25, 0.3) is 0 Å². The molecule has 0 aliphatic carbocycles. The summed E-state index contributed by atoms with van der Waals surface area (Å²) in [5, 5.41) is 3.60. The second kappa shape index (κ2) is 10.7. The molecule has 1 rings (SSSR count). The molecule has 0 heterocycles. The van der Waals surface area contributed by atoms with E-state index < -0.39 is 0 Å². The Labute approximate surface area is 124 Å². The average Bonchev–Trinajstić information content (AvgIpc) is 2.50. The van der Waals surface area contributed by atoms with Crippen LogP contribution in [0, 0.1) is 0 Å². The lowest BCUT2D eigenvalue weighted by molar-refractivity contribution is 0.414. The predicted molar refractivity (Wildman–Crippen MR) is 87.4 cm³/mol. The van der Waals surface area contributed by atoms with E-state index in [1.165, 1.54) is 50.5 Å². The summed E-state index contributed by atoms with van der Waals surface area (Å²) in [5.74, 6) is 0.934. The van der Waals surface area contributed by atoms with Crippen molar-refractivity contribution in [2.45, 2.75) is 64.8 Å². The van der Waals surface area contributed by atoms with Crippen molar-refractivity contribution in [1.82, 2.24) is 5.32 Å². The fourth-order valence-corrected chi connectivity index (χ4v) is 2.60. The third-order valence-corrected chi connectivity index (χ3v) is 3.82. The highest BCUT2D eigenvalue weighted by Gasteiger charge is 2.09. The van der Waals surface area contributed by atoms with E-state index in [0.717, 1.165) is 12.3 Å². The first-order valence-electron chi connectivity index (χ1n) is 8.19. The number of ether oxygens (including phenoxy) is 1. The molecule has 1 atom stereocenters. The molecule has 0 saturated heterocycles. The Morgan fingerprint density at radius 1 is 0.950 bits per heavy atom. The van der Waals surface area contributed by atoms with Crippen molar-refractivity contribution in [3.8, 4) is 5.75 Å². The van der Waals surface area contributed by atoms with Gasteiger partial charge in [0.1, 0.15) is 5.75 Å². The summed E-state index contributed by atoms with van der Waals surface area (Å²) in [7, 11) is 1.72. The Morgan fingerprint density at radius 2 is 1.60 bits per heavy atom. The van der Waals surface area contributed by atoms with Gasteiger partial charge < -0.3 is 10.1 Å². The van der Waals surface area contributed by atoms with Crippen LogP contribution in [0.3, 0.4) is 0 Å². The number of nitrogens with one attached hydrogen (secondary N) is 1. The number of rotatable bonds is 11. The van der Waals surface area contributed by atoms with Crippen LogP contribution in [0.15, 0.2) is 24.3 Å². The van der Waals surface area contributed by atoms with Gasteiger partial charge in [-0.15, -0.1) is 0 Å². The second-order valence-electron chi connectivity index (χ2n) is 5.44. The largest absolute Gasteiger partial charge is 0.497 e. The van der Waals surface area contributed by atoms with E-state index in [1.807, 2.05) is 0 Å². The summed E-state index contributed by atoms with van der Waals surface area (Å²) in [4.78, 5) is 0. The maximum atomic E-state index is 5.22. The maximum Gasteiger partial charge on any atom is 0.118 e. The van der Waals surface area contributed by atoms with Gasteiger partial charge in [-0.25, -0.2) is 0 Å². The Bertz CT molecular complexity index is 334. The second-order valence-corrected chi connectivity index (χ2v) is 5.44. The monoisotopic (exact) mass is 277 g/mol. The normalized spacial score (nSPS) is 12.3. The van der Waals surface area contributed by atoms with Gasteiger partial charge in [-0.2, -0.15) is 0 Å². The number of hydrogen-bond acceptors (Lipinski definition) is 2. The fraction of sp³-hybridized carbons (Fsp3) is 0.667. The van der Waals surface area contributed by atoms with Crippen molar-refractivity contribution >= 4 is 0 Å². The zero-order valence-electron chi connectivity index (χ0n) is 13.5. The molecule has 0 aliphatic rings. The van der Waals surface area contributed by atoms with Crippen LogP contribution in [0.4, 0.5) is 0 Å². The molecule has 0 fully saturated rings. The first-order chi connectivity index (χ1) is 9.81. The molecule has 0 amide bonds. The van der Waals surface area contributed by atoms with E-state index in [0.29, 0.717) is 6.04 Å². The van der Waals surface area contributed by atoms with Crippen LogP contribution in [0.1, 0.15) is 70.4 Å². The van der Waals surface area contributed by atoms with Crippen LogP contribution < -0.4 is 10.1 Å². The quantitative estimate of drug-likeness (QED) is 0.568. The zero-order chi connectivity index (χ0) is 14.6. The van der Waals surface area contributed by atoms with Gasteiger partial charge in [0.2, 0.25) is 0 Å². The van der Waals surface area contributed by atoms with Gasteiger partial charge in [0, 0.05) is 6.04 Å². The van der Waals surface area contributed by atoms with Gasteiger partial charge in [-0.05, 0) is 30.7 Å². The van der Waals surface area contributed by atoms with Gasteiger partial charge in [0.25, 0.3) is 0 Å². The molecular weight excluding hydrogens is 246 g/mol. The van der Waals surface area contributed by atoms with E-state index >= 15 is 0 Å². The molecular formula is C18H31NO. The number of unbranched alkanes of at least 4 members (excludes halogenated alkanes) is 5. The molecule has 2 heteroatoms. The summed E-state index contributed by atoms with van der Waals surface area (Å²) in [6.45, 7) is 5.47. The predicted octanol–water partition coefficient (Wildman–Crippen LogP) is 5.10. The zero-order valence-corrected chi connectivity index (χ0v) is 13.5. The fourth-order valence-electron chi connectivity index (χ4n) is 2.60. The first-order valence-corrected chi connectivity index (χ1v) is 8.19. The SMILES string of the molecule is CCCCCCCCC(NCC)c1ccc(OC)cc1. The Kier molecular flexibility index (Phi) is 9.14. The Hall–Kier alpha value is -1.02. The van der Waals surface area contributed by atoms with Gasteiger partial charge in [0.05, 0.1) is 7.11 Å². The van der Waals surface area contributed by atoms with Crippen LogP contribution in [0.5, 0.6) is 5.75 Å². The molecule has 114 valence electrons. The minimum absolute atomic E-state index is 0.483. The van der Waals surface area contributed by atoms with Crippen molar-refractivity contribution in [1.29, 1.82) is 0 Å². The highest BCUT2D eigenvalue weighted by Crippen LogP contribution is 2.22. The highest BCUT2D eigenvalue weighted by molar-refractivity contribution is 5.29. The molecule has 1 aromatic carbocycles. The standard InChI is InChI=1S/C18H31NO/c1-4-6-7-8-9-10-11-18(19-5-2)16-12-14-17(20-3)15-13-16/h12-15,18-19H,4-11H2,1-3H3. The lowest BCUT2D eigenvalue weighted by Gasteiger charge is -2.18. The lowest BCUT2D eigenvalue weighted by Crippen LogP contribution is -2.20. The lowest BCUT2D eigenvalue weighted by atomic mass is 9.99. The Morgan fingerprint density at radius 3 is 2.20 bits per heavy atom. The van der Waals surface area contributed by atoms with Gasteiger partial charge >= 0.3 is 0 Å². The molecule has 0 radical (unpaired) electrons. The first kappa shape index (κ1) is 17.0. The topological polar surface area (TPSA) is 21.3 Å². The van der Waals surface area contributed by atoms with Crippen LogP contribution in [-0.2, 0) is 0 Å². The summed E-state index contributed by atoms with van der Waals surface area (Å²) >= 11 is 0. The third kappa shape index (κ3) is 6.42. The summed E-state index contributed by atoms with van der Waals surface area (Å²) in [5.41, 5.74) is 1.38. The maximum absolute atomic E-state index is 5.22. The smallest absolute Gasteiger partial charge is 0.118 e. The van der Waals surface area contributed by atoms with Crippen molar-refractivity contribution in [2.24, 2.45) is 0 Å². The van der Waals surface area contributed by atoms with Crippen molar-refractivity contribution in [2.75, 3.05) is 13.7 Å². The summed E-state index contributed by atoms with van der Waals surface area (Å²) in [6.07, 6.45) is 9.39. The number of methoxy groups -OCH3 is 1. The number of benzene rings is 1. The molecule has 0 aromatic heterocycles. The van der Waals surface area contributed by atoms with E-state index in [-0.39, 0.29) is 0 Å². The molecule has 1 N–H and O–H groups in total. The number of hydrogen-bond donors (Lipinski definition) is 1. The third-order valence-electron chi connectivity index (χ3n) is 3.82. The van der Waals surface area contributed by atoms with Gasteiger partial charge in [0.15, 0.2) is 0 Å². The minimum atomic E-state index is 0.483. The van der Waals surface area contributed by atoms with E-state index in [4.69, 9.17) is 4.74 Å². The van der Waals surface area contributed by atoms with Crippen LogP contribution in [0.2, 0.25) is 0 Å². The Balaban J connectivity index is 2.38. The van der Waals surface area contributed by atoms with Gasteiger partial charge in [-0.3, -0.25) is 0 Å². The minimum Gasteiger partial charge on any atom is -0.497 e.